The van der Waals surface area contributed by atoms with Crippen LogP contribution in [-0.2, 0) is 14.3 Å². The number of methoxy groups -OCH3 is 1. The van der Waals surface area contributed by atoms with Gasteiger partial charge in [0, 0.05) is 5.69 Å². The molecule has 0 aliphatic heterocycles. The molecule has 0 unspecified atom stereocenters. The molecule has 0 bridgehead atoms. The second-order valence-corrected chi connectivity index (χ2v) is 4.26. The SMILES string of the molecule is COC(=O)[C@@](O)(CC(=O)Nc1ccc(C#N)cc1)C(F)(F)F. The van der Waals surface area contributed by atoms with Crippen molar-refractivity contribution in [2.75, 3.05) is 12.4 Å². The van der Waals surface area contributed by atoms with E-state index in [0.717, 1.165) is 0 Å². The number of hydrogen-bond donors (Lipinski definition) is 2. The summed E-state index contributed by atoms with van der Waals surface area (Å²) in [5.41, 5.74) is -3.53. The number of carbonyl (C=O) groups is 2. The van der Waals surface area contributed by atoms with Crippen LogP contribution in [0.2, 0.25) is 0 Å². The van der Waals surface area contributed by atoms with Crippen LogP contribution in [0.15, 0.2) is 24.3 Å². The summed E-state index contributed by atoms with van der Waals surface area (Å²) in [6.45, 7) is 0. The fraction of sp³-hybridized carbons (Fsp3) is 0.308. The molecule has 2 N–H and O–H groups in total. The normalized spacial score (nSPS) is 13.6. The maximum absolute atomic E-state index is 12.8. The van der Waals surface area contributed by atoms with Crippen LogP contribution in [0.4, 0.5) is 18.9 Å². The predicted molar refractivity (Wildman–Crippen MR) is 67.4 cm³/mol. The number of aliphatic hydroxyl groups is 1. The van der Waals surface area contributed by atoms with E-state index < -0.39 is 30.1 Å². The Balaban J connectivity index is 2.88. The summed E-state index contributed by atoms with van der Waals surface area (Å²) in [6, 6.07) is 7.09. The summed E-state index contributed by atoms with van der Waals surface area (Å²) in [6.07, 6.45) is -6.93. The highest BCUT2D eigenvalue weighted by atomic mass is 19.4. The summed E-state index contributed by atoms with van der Waals surface area (Å²) >= 11 is 0. The number of halogens is 3. The van der Waals surface area contributed by atoms with Crippen LogP contribution in [0.25, 0.3) is 0 Å². The molecule has 0 saturated carbocycles. The zero-order chi connectivity index (χ0) is 17.0. The quantitative estimate of drug-likeness (QED) is 0.817. The van der Waals surface area contributed by atoms with E-state index in [1.165, 1.54) is 24.3 Å². The van der Waals surface area contributed by atoms with Gasteiger partial charge in [0.1, 0.15) is 0 Å². The topological polar surface area (TPSA) is 99.4 Å². The van der Waals surface area contributed by atoms with Crippen molar-refractivity contribution >= 4 is 17.6 Å². The Bertz CT molecular complexity index is 607. The van der Waals surface area contributed by atoms with Crippen molar-refractivity contribution in [1.82, 2.24) is 0 Å². The minimum absolute atomic E-state index is 0.110. The third kappa shape index (κ3) is 3.73. The first-order valence-corrected chi connectivity index (χ1v) is 5.81. The number of alkyl halides is 3. The van der Waals surface area contributed by atoms with Gasteiger partial charge in [-0.2, -0.15) is 18.4 Å². The van der Waals surface area contributed by atoms with Crippen molar-refractivity contribution in [2.24, 2.45) is 0 Å². The third-order valence-corrected chi connectivity index (χ3v) is 2.71. The molecule has 0 fully saturated rings. The highest BCUT2D eigenvalue weighted by Crippen LogP contribution is 2.34. The second kappa shape index (κ2) is 6.44. The third-order valence-electron chi connectivity index (χ3n) is 2.71. The zero-order valence-electron chi connectivity index (χ0n) is 11.3. The first-order chi connectivity index (χ1) is 10.1. The maximum Gasteiger partial charge on any atom is 0.428 e. The van der Waals surface area contributed by atoms with E-state index in [-0.39, 0.29) is 5.69 Å². The molecular weight excluding hydrogens is 305 g/mol. The predicted octanol–water partition coefficient (Wildman–Crippen LogP) is 1.35. The summed E-state index contributed by atoms with van der Waals surface area (Å²) in [7, 11) is 0.664. The van der Waals surface area contributed by atoms with E-state index in [4.69, 9.17) is 5.26 Å². The van der Waals surface area contributed by atoms with E-state index in [2.05, 4.69) is 10.1 Å². The maximum atomic E-state index is 12.8. The molecule has 1 atom stereocenters. The number of amides is 1. The number of carbonyl (C=O) groups excluding carboxylic acids is 2. The number of anilines is 1. The van der Waals surface area contributed by atoms with Crippen LogP contribution in [0.5, 0.6) is 0 Å². The van der Waals surface area contributed by atoms with Gasteiger partial charge in [0.2, 0.25) is 5.91 Å². The van der Waals surface area contributed by atoms with Gasteiger partial charge < -0.3 is 15.2 Å². The smallest absolute Gasteiger partial charge is 0.428 e. The molecule has 0 aromatic heterocycles. The minimum Gasteiger partial charge on any atom is -0.467 e. The number of nitrogens with one attached hydrogen (secondary N) is 1. The Morgan fingerprint density at radius 1 is 1.32 bits per heavy atom. The molecule has 6 nitrogen and oxygen atoms in total. The van der Waals surface area contributed by atoms with Crippen LogP contribution in [0.3, 0.4) is 0 Å². The fourth-order valence-electron chi connectivity index (χ4n) is 1.52. The minimum atomic E-state index is -5.37. The van der Waals surface area contributed by atoms with Gasteiger partial charge in [-0.15, -0.1) is 0 Å². The van der Waals surface area contributed by atoms with Crippen molar-refractivity contribution in [3.63, 3.8) is 0 Å². The molecule has 0 heterocycles. The molecule has 0 radical (unpaired) electrons. The average Bonchev–Trinajstić information content (AvgIpc) is 2.45. The molecule has 1 aromatic rings. The highest BCUT2D eigenvalue weighted by Gasteiger charge is 2.61. The monoisotopic (exact) mass is 316 g/mol. The lowest BCUT2D eigenvalue weighted by atomic mass is 9.98. The Hall–Kier alpha value is -2.60. The molecule has 22 heavy (non-hydrogen) atoms. The molecular formula is C13H11F3N2O4. The Morgan fingerprint density at radius 3 is 2.27 bits per heavy atom. The molecule has 0 spiro atoms. The van der Waals surface area contributed by atoms with Gasteiger partial charge in [0.05, 0.1) is 25.2 Å². The van der Waals surface area contributed by atoms with Crippen molar-refractivity contribution < 1.29 is 32.6 Å². The molecule has 0 aliphatic rings. The van der Waals surface area contributed by atoms with Crippen molar-refractivity contribution in [1.29, 1.82) is 5.26 Å². The van der Waals surface area contributed by atoms with Crippen molar-refractivity contribution in [3.8, 4) is 6.07 Å². The number of rotatable bonds is 4. The molecule has 0 aliphatic carbocycles. The van der Waals surface area contributed by atoms with Gasteiger partial charge in [0.15, 0.2) is 0 Å². The number of benzene rings is 1. The van der Waals surface area contributed by atoms with Gasteiger partial charge in [0.25, 0.3) is 5.60 Å². The Kier molecular flexibility index (Phi) is 5.11. The van der Waals surface area contributed by atoms with Gasteiger partial charge >= 0.3 is 12.1 Å². The summed E-state index contributed by atoms with van der Waals surface area (Å²) in [5, 5.41) is 20.1. The fourth-order valence-corrected chi connectivity index (χ4v) is 1.52. The van der Waals surface area contributed by atoms with E-state index in [0.29, 0.717) is 12.7 Å². The summed E-state index contributed by atoms with van der Waals surface area (Å²) in [4.78, 5) is 22.7. The molecule has 9 heteroatoms. The lowest BCUT2D eigenvalue weighted by Crippen LogP contribution is -2.54. The molecule has 0 saturated heterocycles. The van der Waals surface area contributed by atoms with E-state index in [1.807, 2.05) is 6.07 Å². The molecule has 1 aromatic carbocycles. The second-order valence-electron chi connectivity index (χ2n) is 4.26. The van der Waals surface area contributed by atoms with Crippen molar-refractivity contribution in [3.05, 3.63) is 29.8 Å². The first-order valence-electron chi connectivity index (χ1n) is 5.81. The van der Waals surface area contributed by atoms with Gasteiger partial charge in [-0.1, -0.05) is 0 Å². The number of esters is 1. The summed E-state index contributed by atoms with van der Waals surface area (Å²) < 4.78 is 42.2. The number of ether oxygens (including phenoxy) is 1. The van der Waals surface area contributed by atoms with Crippen LogP contribution in [0, 0.1) is 11.3 Å². The standard InChI is InChI=1S/C13H11F3N2O4/c1-22-11(20)12(21,13(14,15)16)6-10(19)18-9-4-2-8(7-17)3-5-9/h2-5,21H,6H2,1H3,(H,18,19)/t12-/m0/s1. The number of nitriles is 1. The van der Waals surface area contributed by atoms with Gasteiger partial charge in [-0.3, -0.25) is 4.79 Å². The molecule has 1 amide bonds. The van der Waals surface area contributed by atoms with Crippen LogP contribution in [0.1, 0.15) is 12.0 Å². The average molecular weight is 316 g/mol. The van der Waals surface area contributed by atoms with E-state index in [1.54, 1.807) is 0 Å². The van der Waals surface area contributed by atoms with E-state index >= 15 is 0 Å². The van der Waals surface area contributed by atoms with Crippen LogP contribution in [-0.4, -0.2) is 35.9 Å². The van der Waals surface area contributed by atoms with E-state index in [9.17, 15) is 27.9 Å². The first kappa shape index (κ1) is 17.5. The molecule has 1 rings (SSSR count). The lowest BCUT2D eigenvalue weighted by molar-refractivity contribution is -0.261. The van der Waals surface area contributed by atoms with Crippen molar-refractivity contribution in [2.45, 2.75) is 18.2 Å². The van der Waals surface area contributed by atoms with Crippen LogP contribution >= 0.6 is 0 Å². The lowest BCUT2D eigenvalue weighted by Gasteiger charge is -2.26. The highest BCUT2D eigenvalue weighted by molar-refractivity contribution is 5.96. The zero-order valence-corrected chi connectivity index (χ0v) is 11.3. The van der Waals surface area contributed by atoms with Gasteiger partial charge in [-0.25, -0.2) is 4.79 Å². The van der Waals surface area contributed by atoms with Crippen LogP contribution < -0.4 is 5.32 Å². The Morgan fingerprint density at radius 2 is 1.86 bits per heavy atom. The molecule has 118 valence electrons. The summed E-state index contributed by atoms with van der Waals surface area (Å²) in [5.74, 6) is -3.22. The number of nitrogens with zero attached hydrogens (tertiary/aromatic N) is 1. The number of hydrogen-bond acceptors (Lipinski definition) is 5. The Labute approximate surface area is 123 Å². The largest absolute Gasteiger partial charge is 0.467 e. The van der Waals surface area contributed by atoms with Gasteiger partial charge in [-0.05, 0) is 24.3 Å².